The molecule has 0 atom stereocenters. The monoisotopic (exact) mass is 351 g/mol. The smallest absolute Gasteiger partial charge is 0.305 e. The van der Waals surface area contributed by atoms with Gasteiger partial charge < -0.3 is 24.6 Å². The van der Waals surface area contributed by atoms with Gasteiger partial charge in [0.15, 0.2) is 11.5 Å². The van der Waals surface area contributed by atoms with E-state index < -0.39 is 11.5 Å². The zero-order chi connectivity index (χ0) is 18.3. The van der Waals surface area contributed by atoms with Crippen molar-refractivity contribution in [2.75, 3.05) is 26.4 Å². The molecule has 2 N–H and O–H groups in total. The van der Waals surface area contributed by atoms with Crippen LogP contribution in [0.5, 0.6) is 11.5 Å². The van der Waals surface area contributed by atoms with Crippen LogP contribution in [-0.2, 0) is 9.53 Å². The molecule has 1 aromatic carbocycles. The van der Waals surface area contributed by atoms with Crippen LogP contribution in [0.25, 0.3) is 0 Å². The summed E-state index contributed by atoms with van der Waals surface area (Å²) in [6.45, 7) is 5.53. The highest BCUT2D eigenvalue weighted by atomic mass is 16.5. The van der Waals surface area contributed by atoms with Gasteiger partial charge in [-0.1, -0.05) is 0 Å². The minimum absolute atomic E-state index is 0.128. The van der Waals surface area contributed by atoms with E-state index in [1.807, 2.05) is 13.8 Å². The summed E-state index contributed by atoms with van der Waals surface area (Å²) in [6.07, 6.45) is 0.818. The molecule has 1 aliphatic heterocycles. The van der Waals surface area contributed by atoms with Gasteiger partial charge in [0.1, 0.15) is 0 Å². The molecular weight excluding hydrogens is 326 g/mol. The Labute approximate surface area is 147 Å². The number of hydrogen-bond acceptors (Lipinski definition) is 5. The molecule has 0 aliphatic carbocycles. The molecular formula is C18H25NO6. The lowest BCUT2D eigenvalue weighted by Crippen LogP contribution is -2.53. The third-order valence-corrected chi connectivity index (χ3v) is 4.12. The van der Waals surface area contributed by atoms with Crippen LogP contribution >= 0.6 is 0 Å². The molecule has 0 unspecified atom stereocenters. The highest BCUT2D eigenvalue weighted by Gasteiger charge is 2.36. The van der Waals surface area contributed by atoms with Crippen molar-refractivity contribution in [1.29, 1.82) is 0 Å². The molecule has 1 saturated heterocycles. The first-order valence-corrected chi connectivity index (χ1v) is 8.51. The summed E-state index contributed by atoms with van der Waals surface area (Å²) >= 11 is 0. The number of hydrogen-bond donors (Lipinski definition) is 2. The molecule has 138 valence electrons. The number of carbonyl (C=O) groups is 2. The van der Waals surface area contributed by atoms with Gasteiger partial charge in [-0.15, -0.1) is 0 Å². The van der Waals surface area contributed by atoms with Crippen molar-refractivity contribution in [2.24, 2.45) is 0 Å². The van der Waals surface area contributed by atoms with Crippen molar-refractivity contribution in [3.8, 4) is 11.5 Å². The number of nitrogens with one attached hydrogen (secondary N) is 1. The van der Waals surface area contributed by atoms with E-state index in [-0.39, 0.29) is 12.3 Å². The number of amides is 1. The second-order valence-corrected chi connectivity index (χ2v) is 5.94. The van der Waals surface area contributed by atoms with E-state index in [0.29, 0.717) is 56.3 Å². The van der Waals surface area contributed by atoms with E-state index in [4.69, 9.17) is 14.2 Å². The molecule has 0 aromatic heterocycles. The molecule has 0 radical (unpaired) electrons. The van der Waals surface area contributed by atoms with Crippen LogP contribution in [0.4, 0.5) is 0 Å². The van der Waals surface area contributed by atoms with Crippen LogP contribution in [0.1, 0.15) is 43.5 Å². The predicted octanol–water partition coefficient (Wildman–Crippen LogP) is 2.24. The lowest BCUT2D eigenvalue weighted by molar-refractivity contribution is -0.139. The molecule has 1 aliphatic rings. The van der Waals surface area contributed by atoms with Gasteiger partial charge >= 0.3 is 5.97 Å². The molecule has 25 heavy (non-hydrogen) atoms. The molecule has 1 heterocycles. The van der Waals surface area contributed by atoms with Crippen molar-refractivity contribution < 1.29 is 28.9 Å². The number of carboxylic acids is 1. The van der Waals surface area contributed by atoms with E-state index in [1.54, 1.807) is 18.2 Å². The fourth-order valence-electron chi connectivity index (χ4n) is 2.90. The Morgan fingerprint density at radius 3 is 2.40 bits per heavy atom. The minimum Gasteiger partial charge on any atom is -0.490 e. The van der Waals surface area contributed by atoms with E-state index in [1.165, 1.54) is 0 Å². The van der Waals surface area contributed by atoms with Gasteiger partial charge in [0.05, 0.1) is 25.2 Å². The van der Waals surface area contributed by atoms with E-state index in [9.17, 15) is 14.7 Å². The lowest BCUT2D eigenvalue weighted by Gasteiger charge is -2.36. The van der Waals surface area contributed by atoms with E-state index in [2.05, 4.69) is 5.32 Å². The molecule has 7 nitrogen and oxygen atoms in total. The van der Waals surface area contributed by atoms with Crippen LogP contribution in [0.2, 0.25) is 0 Å². The standard InChI is InChI=1S/C18H25NO6/c1-3-24-14-6-5-13(11-15(14)25-4-2)17(22)19-18(12-16(20)21)7-9-23-10-8-18/h5-6,11H,3-4,7-10,12H2,1-2H3,(H,19,22)(H,20,21). The van der Waals surface area contributed by atoms with Crippen LogP contribution in [-0.4, -0.2) is 48.9 Å². The average Bonchev–Trinajstić information content (AvgIpc) is 2.56. The molecule has 0 saturated carbocycles. The van der Waals surface area contributed by atoms with E-state index in [0.717, 1.165) is 0 Å². The maximum atomic E-state index is 12.7. The fraction of sp³-hybridized carbons (Fsp3) is 0.556. The maximum Gasteiger partial charge on any atom is 0.305 e. The van der Waals surface area contributed by atoms with Crippen LogP contribution in [0.3, 0.4) is 0 Å². The molecule has 7 heteroatoms. The van der Waals surface area contributed by atoms with Gasteiger partial charge in [0.2, 0.25) is 0 Å². The third kappa shape index (κ3) is 5.09. The zero-order valence-corrected chi connectivity index (χ0v) is 14.7. The predicted molar refractivity (Wildman–Crippen MR) is 91.3 cm³/mol. The van der Waals surface area contributed by atoms with Gasteiger partial charge in [-0.3, -0.25) is 9.59 Å². The summed E-state index contributed by atoms with van der Waals surface area (Å²) in [6, 6.07) is 4.96. The number of aliphatic carboxylic acids is 1. The largest absolute Gasteiger partial charge is 0.490 e. The summed E-state index contributed by atoms with van der Waals surface area (Å²) in [5.74, 6) is -0.195. The Bertz CT molecular complexity index is 610. The topological polar surface area (TPSA) is 94.1 Å². The van der Waals surface area contributed by atoms with Gasteiger partial charge in [-0.05, 0) is 44.9 Å². The van der Waals surface area contributed by atoms with Crippen molar-refractivity contribution in [2.45, 2.75) is 38.6 Å². The Morgan fingerprint density at radius 1 is 1.16 bits per heavy atom. The van der Waals surface area contributed by atoms with Crippen molar-refractivity contribution in [3.05, 3.63) is 23.8 Å². The molecule has 1 fully saturated rings. The van der Waals surface area contributed by atoms with Crippen LogP contribution in [0, 0.1) is 0 Å². The SMILES string of the molecule is CCOc1ccc(C(=O)NC2(CC(=O)O)CCOCC2)cc1OCC. The van der Waals surface area contributed by atoms with Gasteiger partial charge in [-0.2, -0.15) is 0 Å². The summed E-state index contributed by atoms with van der Waals surface area (Å²) < 4.78 is 16.3. The molecule has 1 amide bonds. The number of rotatable bonds is 8. The highest BCUT2D eigenvalue weighted by Crippen LogP contribution is 2.30. The Hall–Kier alpha value is -2.28. The Morgan fingerprint density at radius 2 is 1.80 bits per heavy atom. The summed E-state index contributed by atoms with van der Waals surface area (Å²) in [7, 11) is 0. The molecule has 0 bridgehead atoms. The normalized spacial score (nSPS) is 16.1. The third-order valence-electron chi connectivity index (χ3n) is 4.12. The summed E-state index contributed by atoms with van der Waals surface area (Å²) in [5.41, 5.74) is -0.380. The van der Waals surface area contributed by atoms with Gasteiger partial charge in [-0.25, -0.2) is 0 Å². The first-order valence-electron chi connectivity index (χ1n) is 8.51. The number of carboxylic acid groups (broad SMARTS) is 1. The molecule has 0 spiro atoms. The van der Waals surface area contributed by atoms with Crippen LogP contribution in [0.15, 0.2) is 18.2 Å². The van der Waals surface area contributed by atoms with Crippen molar-refractivity contribution in [1.82, 2.24) is 5.32 Å². The summed E-state index contributed by atoms with van der Waals surface area (Å²) in [4.78, 5) is 23.9. The Balaban J connectivity index is 2.20. The second kappa shape index (κ2) is 8.71. The summed E-state index contributed by atoms with van der Waals surface area (Å²) in [5, 5.41) is 12.1. The lowest BCUT2D eigenvalue weighted by atomic mass is 9.86. The maximum absolute atomic E-state index is 12.7. The average molecular weight is 351 g/mol. The van der Waals surface area contributed by atoms with Crippen molar-refractivity contribution >= 4 is 11.9 Å². The van der Waals surface area contributed by atoms with Crippen molar-refractivity contribution in [3.63, 3.8) is 0 Å². The first-order chi connectivity index (χ1) is 12.0. The highest BCUT2D eigenvalue weighted by molar-refractivity contribution is 5.95. The van der Waals surface area contributed by atoms with Gasteiger partial charge in [0.25, 0.3) is 5.91 Å². The van der Waals surface area contributed by atoms with E-state index >= 15 is 0 Å². The second-order valence-electron chi connectivity index (χ2n) is 5.94. The Kier molecular flexibility index (Phi) is 6.64. The first kappa shape index (κ1) is 19.1. The number of carbonyl (C=O) groups excluding carboxylic acids is 1. The van der Waals surface area contributed by atoms with Crippen LogP contribution < -0.4 is 14.8 Å². The number of benzene rings is 1. The quantitative estimate of drug-likeness (QED) is 0.746. The zero-order valence-electron chi connectivity index (χ0n) is 14.7. The number of ether oxygens (including phenoxy) is 3. The molecule has 1 aromatic rings. The minimum atomic E-state index is -0.941. The van der Waals surface area contributed by atoms with Gasteiger partial charge in [0, 0.05) is 18.8 Å². The molecule has 2 rings (SSSR count). The fourth-order valence-corrected chi connectivity index (χ4v) is 2.90.